The summed E-state index contributed by atoms with van der Waals surface area (Å²) < 4.78 is 37.5. The molecule has 1 saturated heterocycles. The predicted molar refractivity (Wildman–Crippen MR) is 130 cm³/mol. The Balaban J connectivity index is 1.95. The number of aromatic amines is 1. The molecule has 36 heavy (non-hydrogen) atoms. The molecule has 12 nitrogen and oxygen atoms in total. The number of nitrogens with zero attached hydrogens (tertiary/aromatic N) is 1. The number of carbonyl (C=O) groups is 1. The number of aromatic nitrogens is 2. The van der Waals surface area contributed by atoms with Crippen LogP contribution in [0.4, 0.5) is 0 Å². The summed E-state index contributed by atoms with van der Waals surface area (Å²) in [5.74, 6) is -0.528. The number of carbonyl (C=O) groups excluding carboxylic acids is 1. The third-order valence-corrected chi connectivity index (χ3v) is 7.30. The van der Waals surface area contributed by atoms with Gasteiger partial charge >= 0.3 is 19.4 Å². The molecule has 14 heteroatoms. The van der Waals surface area contributed by atoms with Gasteiger partial charge in [-0.25, -0.2) is 9.36 Å². The lowest BCUT2D eigenvalue weighted by molar-refractivity contribution is -0.149. The Kier molecular flexibility index (Phi) is 8.81. The van der Waals surface area contributed by atoms with Gasteiger partial charge in [-0.15, -0.1) is 11.6 Å². The fourth-order valence-electron chi connectivity index (χ4n) is 3.61. The Labute approximate surface area is 212 Å². The van der Waals surface area contributed by atoms with Crippen LogP contribution in [0.1, 0.15) is 33.9 Å². The van der Waals surface area contributed by atoms with Crippen LogP contribution >= 0.6 is 19.3 Å². The van der Waals surface area contributed by atoms with E-state index in [0.717, 1.165) is 10.6 Å². The van der Waals surface area contributed by atoms with E-state index in [1.54, 1.807) is 32.0 Å². The molecule has 0 radical (unpaired) electrons. The molecule has 1 aromatic carbocycles. The van der Waals surface area contributed by atoms with Gasteiger partial charge in [-0.3, -0.25) is 23.7 Å². The SMILES string of the molecule is CC(C)OC(=O)[C@H](C)NP(=O)(Oc1ccccc1)O[C@@H]1[C@@H](CO)O[C@@H](n2ccc(=O)[nH]c2=O)[C@]1(C)Cl. The van der Waals surface area contributed by atoms with Crippen molar-refractivity contribution in [3.05, 3.63) is 63.4 Å². The molecule has 0 bridgehead atoms. The number of halogens is 1. The van der Waals surface area contributed by atoms with Crippen LogP contribution in [0.2, 0.25) is 0 Å². The Bertz CT molecular complexity index is 1220. The number of alkyl halides is 1. The average Bonchev–Trinajstić information content (AvgIpc) is 3.03. The number of hydrogen-bond acceptors (Lipinski definition) is 9. The van der Waals surface area contributed by atoms with Crippen molar-refractivity contribution in [3.8, 4) is 5.75 Å². The largest absolute Gasteiger partial charge is 0.462 e. The number of para-hydroxylation sites is 1. The normalized spacial score (nSPS) is 26.4. The van der Waals surface area contributed by atoms with Crippen molar-refractivity contribution in [1.82, 2.24) is 14.6 Å². The molecule has 0 spiro atoms. The van der Waals surface area contributed by atoms with E-state index in [1.165, 1.54) is 32.2 Å². The molecule has 1 fully saturated rings. The first kappa shape index (κ1) is 28.1. The number of hydrogen-bond donors (Lipinski definition) is 3. The van der Waals surface area contributed by atoms with Crippen LogP contribution in [0, 0.1) is 0 Å². The van der Waals surface area contributed by atoms with Gasteiger partial charge in [0.05, 0.1) is 12.7 Å². The van der Waals surface area contributed by atoms with Gasteiger partial charge in [0.1, 0.15) is 28.9 Å². The quantitative estimate of drug-likeness (QED) is 0.229. The average molecular weight is 546 g/mol. The summed E-state index contributed by atoms with van der Waals surface area (Å²) in [6, 6.07) is 8.08. The van der Waals surface area contributed by atoms with Gasteiger partial charge in [0.25, 0.3) is 5.56 Å². The Morgan fingerprint density at radius 3 is 2.53 bits per heavy atom. The first-order valence-corrected chi connectivity index (χ1v) is 13.1. The molecule has 0 aliphatic carbocycles. The summed E-state index contributed by atoms with van der Waals surface area (Å²) >= 11 is 6.79. The van der Waals surface area contributed by atoms with E-state index in [4.69, 9.17) is 30.1 Å². The number of H-pyrrole nitrogens is 1. The van der Waals surface area contributed by atoms with Gasteiger partial charge in [-0.1, -0.05) is 18.2 Å². The highest BCUT2D eigenvalue weighted by Crippen LogP contribution is 2.53. The Hall–Kier alpha value is -2.47. The Morgan fingerprint density at radius 2 is 1.94 bits per heavy atom. The molecule has 1 unspecified atom stereocenters. The van der Waals surface area contributed by atoms with Crippen molar-refractivity contribution in [2.45, 2.75) is 63.2 Å². The minimum atomic E-state index is -4.38. The second-order valence-electron chi connectivity index (χ2n) is 8.64. The van der Waals surface area contributed by atoms with Gasteiger partial charge in [0, 0.05) is 12.3 Å². The highest BCUT2D eigenvalue weighted by atomic mass is 35.5. The zero-order valence-corrected chi connectivity index (χ0v) is 21.8. The molecule has 1 aliphatic heterocycles. The molecule has 1 aromatic heterocycles. The maximum absolute atomic E-state index is 14.0. The van der Waals surface area contributed by atoms with Gasteiger partial charge < -0.3 is 19.1 Å². The van der Waals surface area contributed by atoms with E-state index in [1.807, 2.05) is 0 Å². The van der Waals surface area contributed by atoms with E-state index < -0.39 is 67.0 Å². The van der Waals surface area contributed by atoms with Crippen LogP contribution < -0.4 is 20.9 Å². The van der Waals surface area contributed by atoms with E-state index in [2.05, 4.69) is 10.1 Å². The van der Waals surface area contributed by atoms with Crippen molar-refractivity contribution < 1.29 is 33.0 Å². The molecular weight excluding hydrogens is 517 g/mol. The molecule has 2 heterocycles. The first-order chi connectivity index (χ1) is 16.9. The number of nitrogens with one attached hydrogen (secondary N) is 2. The first-order valence-electron chi connectivity index (χ1n) is 11.1. The number of aliphatic hydroxyl groups excluding tert-OH is 1. The van der Waals surface area contributed by atoms with Crippen molar-refractivity contribution in [3.63, 3.8) is 0 Å². The zero-order valence-electron chi connectivity index (χ0n) is 20.1. The number of benzene rings is 1. The van der Waals surface area contributed by atoms with Gasteiger partial charge in [-0.05, 0) is 39.8 Å². The van der Waals surface area contributed by atoms with Crippen LogP contribution in [0.5, 0.6) is 5.75 Å². The van der Waals surface area contributed by atoms with Crippen LogP contribution in [-0.2, 0) is 23.4 Å². The lowest BCUT2D eigenvalue weighted by atomic mass is 10.0. The third kappa shape index (κ3) is 6.44. The van der Waals surface area contributed by atoms with E-state index in [0.29, 0.717) is 0 Å². The summed E-state index contributed by atoms with van der Waals surface area (Å²) in [5.41, 5.74) is -1.42. The second-order valence-corrected chi connectivity index (χ2v) is 11.1. The molecule has 3 N–H and O–H groups in total. The van der Waals surface area contributed by atoms with Gasteiger partial charge in [0.15, 0.2) is 6.23 Å². The van der Waals surface area contributed by atoms with Gasteiger partial charge in [0.2, 0.25) is 0 Å². The maximum atomic E-state index is 14.0. The summed E-state index contributed by atoms with van der Waals surface area (Å²) in [6.07, 6.45) is -2.90. The number of aliphatic hydroxyl groups is 1. The minimum absolute atomic E-state index is 0.168. The Morgan fingerprint density at radius 1 is 1.28 bits per heavy atom. The summed E-state index contributed by atoms with van der Waals surface area (Å²) in [4.78, 5) is 36.8. The van der Waals surface area contributed by atoms with Crippen LogP contribution in [-0.4, -0.2) is 56.5 Å². The third-order valence-electron chi connectivity index (χ3n) is 5.24. The van der Waals surface area contributed by atoms with Crippen LogP contribution in [0.15, 0.2) is 52.2 Å². The van der Waals surface area contributed by atoms with E-state index >= 15 is 0 Å². The smallest absolute Gasteiger partial charge is 0.459 e. The number of ether oxygens (including phenoxy) is 2. The molecule has 0 amide bonds. The fourth-order valence-corrected chi connectivity index (χ4v) is 5.80. The number of rotatable bonds is 10. The summed E-state index contributed by atoms with van der Waals surface area (Å²) in [5, 5.41) is 12.5. The maximum Gasteiger partial charge on any atom is 0.459 e. The molecular formula is C22H29ClN3O9P. The van der Waals surface area contributed by atoms with Crippen LogP contribution in [0.3, 0.4) is 0 Å². The summed E-state index contributed by atoms with van der Waals surface area (Å²) in [7, 11) is -4.38. The summed E-state index contributed by atoms with van der Waals surface area (Å²) in [6.45, 7) is 5.60. The highest BCUT2D eigenvalue weighted by molar-refractivity contribution is 7.52. The van der Waals surface area contributed by atoms with Crippen molar-refractivity contribution in [2.24, 2.45) is 0 Å². The molecule has 198 valence electrons. The molecule has 1 aliphatic rings. The highest BCUT2D eigenvalue weighted by Gasteiger charge is 2.57. The van der Waals surface area contributed by atoms with Gasteiger partial charge in [-0.2, -0.15) is 5.09 Å². The van der Waals surface area contributed by atoms with Crippen molar-refractivity contribution in [1.29, 1.82) is 0 Å². The minimum Gasteiger partial charge on any atom is -0.462 e. The zero-order chi connectivity index (χ0) is 26.7. The van der Waals surface area contributed by atoms with Crippen LogP contribution in [0.25, 0.3) is 0 Å². The fraction of sp³-hybridized carbons (Fsp3) is 0.500. The second kappa shape index (κ2) is 11.3. The monoisotopic (exact) mass is 545 g/mol. The predicted octanol–water partition coefficient (Wildman–Crippen LogP) is 1.93. The molecule has 6 atom stereocenters. The topological polar surface area (TPSA) is 158 Å². The van der Waals surface area contributed by atoms with Crippen molar-refractivity contribution in [2.75, 3.05) is 6.61 Å². The number of esters is 1. The standard InChI is InChI=1S/C22H29ClN3O9P/c1-13(2)32-19(29)14(3)25-36(31,34-15-8-6-5-7-9-15)35-18-16(12-27)33-20(22(18,4)23)26-11-10-17(28)24-21(26)30/h5-11,13-14,16,18,20,27H,12H2,1-4H3,(H,25,31)(H,24,28,30)/t14-,16+,18+,20+,22+,36?/m0/s1. The molecule has 3 rings (SSSR count). The molecule has 0 saturated carbocycles. The van der Waals surface area contributed by atoms with E-state index in [-0.39, 0.29) is 5.75 Å². The molecule has 2 aromatic rings. The van der Waals surface area contributed by atoms with Crippen molar-refractivity contribution >= 4 is 25.3 Å². The lowest BCUT2D eigenvalue weighted by Crippen LogP contribution is -2.45. The van der Waals surface area contributed by atoms with E-state index in [9.17, 15) is 24.1 Å². The lowest BCUT2D eigenvalue weighted by Gasteiger charge is -2.32.